The predicted molar refractivity (Wildman–Crippen MR) is 108 cm³/mol. The largest absolute Gasteiger partial charge is 0.444 e. The summed E-state index contributed by atoms with van der Waals surface area (Å²) >= 11 is 1.53. The molecule has 138 valence electrons. The summed E-state index contributed by atoms with van der Waals surface area (Å²) in [5, 5.41) is 2.83. The average molecular weight is 379 g/mol. The highest BCUT2D eigenvalue weighted by atomic mass is 32.1. The van der Waals surface area contributed by atoms with Gasteiger partial charge < -0.3 is 10.1 Å². The van der Waals surface area contributed by atoms with Gasteiger partial charge in [0.15, 0.2) is 0 Å². The van der Waals surface area contributed by atoms with E-state index < -0.39 is 12.1 Å². The minimum atomic E-state index is -1.03. The van der Waals surface area contributed by atoms with E-state index in [2.05, 4.69) is 5.32 Å². The molecule has 0 fully saturated rings. The molecule has 4 nitrogen and oxygen atoms in total. The van der Waals surface area contributed by atoms with Gasteiger partial charge >= 0.3 is 5.97 Å². The van der Waals surface area contributed by atoms with Gasteiger partial charge in [-0.2, -0.15) is 0 Å². The zero-order valence-corrected chi connectivity index (χ0v) is 16.3. The van der Waals surface area contributed by atoms with E-state index in [1.54, 1.807) is 18.2 Å². The zero-order valence-electron chi connectivity index (χ0n) is 15.5. The summed E-state index contributed by atoms with van der Waals surface area (Å²) in [4.78, 5) is 27.4. The Morgan fingerprint density at radius 2 is 1.63 bits per heavy atom. The molecule has 0 unspecified atom stereocenters. The topological polar surface area (TPSA) is 55.4 Å². The van der Waals surface area contributed by atoms with Crippen LogP contribution >= 0.6 is 11.3 Å². The number of nitrogens with one attached hydrogen (secondary N) is 1. The number of aryl methyl sites for hydroxylation is 3. The van der Waals surface area contributed by atoms with Crippen molar-refractivity contribution in [2.24, 2.45) is 0 Å². The van der Waals surface area contributed by atoms with Crippen molar-refractivity contribution in [1.82, 2.24) is 0 Å². The Hall–Kier alpha value is -2.92. The first-order valence-corrected chi connectivity index (χ1v) is 9.46. The maximum Gasteiger partial charge on any atom is 0.340 e. The van der Waals surface area contributed by atoms with Crippen LogP contribution in [0.3, 0.4) is 0 Å². The number of carbonyl (C=O) groups is 2. The molecule has 27 heavy (non-hydrogen) atoms. The SMILES string of the molecule is Cc1ccc(NC(=O)[C@H](OC(=O)c2cc(C)sc2C)c2ccccc2)cc1. The van der Waals surface area contributed by atoms with E-state index in [4.69, 9.17) is 4.74 Å². The van der Waals surface area contributed by atoms with Crippen LogP contribution in [0.1, 0.15) is 37.3 Å². The highest BCUT2D eigenvalue weighted by Crippen LogP contribution is 2.26. The second-order valence-corrected chi connectivity index (χ2v) is 7.84. The number of amides is 1. The lowest BCUT2D eigenvalue weighted by atomic mass is 10.1. The summed E-state index contributed by atoms with van der Waals surface area (Å²) in [7, 11) is 0. The molecule has 0 bridgehead atoms. The molecule has 3 rings (SSSR count). The van der Waals surface area contributed by atoms with Crippen LogP contribution in [0.4, 0.5) is 5.69 Å². The van der Waals surface area contributed by atoms with E-state index in [1.165, 1.54) is 11.3 Å². The lowest BCUT2D eigenvalue weighted by Gasteiger charge is -2.18. The molecule has 0 aliphatic heterocycles. The van der Waals surface area contributed by atoms with E-state index in [-0.39, 0.29) is 5.91 Å². The molecule has 3 aromatic rings. The van der Waals surface area contributed by atoms with Gasteiger partial charge in [-0.05, 0) is 39.0 Å². The Balaban J connectivity index is 1.84. The van der Waals surface area contributed by atoms with Crippen molar-refractivity contribution < 1.29 is 14.3 Å². The summed E-state index contributed by atoms with van der Waals surface area (Å²) in [5.74, 6) is -0.882. The Labute approximate surface area is 162 Å². The van der Waals surface area contributed by atoms with Gasteiger partial charge in [0.25, 0.3) is 5.91 Å². The molecule has 2 aromatic carbocycles. The minimum Gasteiger partial charge on any atom is -0.444 e. The lowest BCUT2D eigenvalue weighted by Crippen LogP contribution is -2.26. The van der Waals surface area contributed by atoms with Gasteiger partial charge in [-0.1, -0.05) is 48.0 Å². The van der Waals surface area contributed by atoms with Crippen molar-refractivity contribution >= 4 is 28.9 Å². The number of anilines is 1. The average Bonchev–Trinajstić information content (AvgIpc) is 3.00. The molecule has 1 amide bonds. The standard InChI is InChI=1S/C22H21NO3S/c1-14-9-11-18(12-10-14)23-21(24)20(17-7-5-4-6-8-17)26-22(25)19-13-15(2)27-16(19)3/h4-13,20H,1-3H3,(H,23,24)/t20-/m1/s1. The number of hydrogen-bond donors (Lipinski definition) is 1. The highest BCUT2D eigenvalue weighted by molar-refractivity contribution is 7.12. The number of hydrogen-bond acceptors (Lipinski definition) is 4. The fraction of sp³-hybridized carbons (Fsp3) is 0.182. The molecule has 1 heterocycles. The van der Waals surface area contributed by atoms with Crippen LogP contribution in [0.2, 0.25) is 0 Å². The molecule has 0 saturated heterocycles. The quantitative estimate of drug-likeness (QED) is 0.619. The van der Waals surface area contributed by atoms with Crippen LogP contribution in [0.5, 0.6) is 0 Å². The molecule has 0 spiro atoms. The van der Waals surface area contributed by atoms with Crippen LogP contribution < -0.4 is 5.32 Å². The molecule has 1 atom stereocenters. The van der Waals surface area contributed by atoms with Gasteiger partial charge in [0, 0.05) is 21.0 Å². The third-order valence-electron chi connectivity index (χ3n) is 4.15. The van der Waals surface area contributed by atoms with E-state index >= 15 is 0 Å². The monoisotopic (exact) mass is 379 g/mol. The molecular weight excluding hydrogens is 358 g/mol. The smallest absolute Gasteiger partial charge is 0.340 e. The number of carbonyl (C=O) groups excluding carboxylic acids is 2. The van der Waals surface area contributed by atoms with Crippen LogP contribution in [0.15, 0.2) is 60.7 Å². The zero-order chi connectivity index (χ0) is 19.4. The van der Waals surface area contributed by atoms with E-state index in [9.17, 15) is 9.59 Å². The first-order valence-electron chi connectivity index (χ1n) is 8.64. The van der Waals surface area contributed by atoms with E-state index in [1.807, 2.05) is 63.2 Å². The Kier molecular flexibility index (Phi) is 5.72. The van der Waals surface area contributed by atoms with Crippen molar-refractivity contribution in [1.29, 1.82) is 0 Å². The van der Waals surface area contributed by atoms with Gasteiger partial charge in [0.2, 0.25) is 6.10 Å². The second-order valence-electron chi connectivity index (χ2n) is 6.38. The highest BCUT2D eigenvalue weighted by Gasteiger charge is 2.27. The van der Waals surface area contributed by atoms with Gasteiger partial charge in [-0.15, -0.1) is 11.3 Å². The summed E-state index contributed by atoms with van der Waals surface area (Å²) in [5.41, 5.74) is 2.88. The number of rotatable bonds is 5. The number of esters is 1. The van der Waals surface area contributed by atoms with Crippen LogP contribution in [-0.2, 0) is 9.53 Å². The van der Waals surface area contributed by atoms with E-state index in [0.29, 0.717) is 16.8 Å². The Morgan fingerprint density at radius 1 is 0.963 bits per heavy atom. The first kappa shape index (κ1) is 18.9. The van der Waals surface area contributed by atoms with Gasteiger partial charge in [0.1, 0.15) is 0 Å². The fourth-order valence-electron chi connectivity index (χ4n) is 2.75. The predicted octanol–water partition coefficient (Wildman–Crippen LogP) is 5.21. The van der Waals surface area contributed by atoms with Crippen molar-refractivity contribution in [3.8, 4) is 0 Å². The van der Waals surface area contributed by atoms with Crippen molar-refractivity contribution in [2.75, 3.05) is 5.32 Å². The van der Waals surface area contributed by atoms with Crippen molar-refractivity contribution in [3.63, 3.8) is 0 Å². The summed E-state index contributed by atoms with van der Waals surface area (Å²) in [6, 6.07) is 18.3. The fourth-order valence-corrected chi connectivity index (χ4v) is 3.66. The molecule has 1 aromatic heterocycles. The first-order chi connectivity index (χ1) is 12.9. The van der Waals surface area contributed by atoms with Crippen molar-refractivity contribution in [3.05, 3.63) is 87.1 Å². The summed E-state index contributed by atoms with van der Waals surface area (Å²) in [6.45, 7) is 5.79. The molecule has 0 aliphatic carbocycles. The van der Waals surface area contributed by atoms with Crippen LogP contribution in [0, 0.1) is 20.8 Å². The molecule has 0 radical (unpaired) electrons. The van der Waals surface area contributed by atoms with Crippen LogP contribution in [0.25, 0.3) is 0 Å². The molecule has 0 aliphatic rings. The van der Waals surface area contributed by atoms with Gasteiger partial charge in [-0.25, -0.2) is 4.79 Å². The second kappa shape index (κ2) is 8.18. The van der Waals surface area contributed by atoms with Crippen LogP contribution in [-0.4, -0.2) is 11.9 Å². The van der Waals surface area contributed by atoms with E-state index in [0.717, 1.165) is 15.3 Å². The third-order valence-corrected chi connectivity index (χ3v) is 5.11. The lowest BCUT2D eigenvalue weighted by molar-refractivity contribution is -0.125. The maximum atomic E-state index is 12.9. The number of ether oxygens (including phenoxy) is 1. The maximum absolute atomic E-state index is 12.9. The molecule has 5 heteroatoms. The van der Waals surface area contributed by atoms with Gasteiger partial charge in [0.05, 0.1) is 5.56 Å². The third kappa shape index (κ3) is 4.63. The normalized spacial score (nSPS) is 11.7. The van der Waals surface area contributed by atoms with Gasteiger partial charge in [-0.3, -0.25) is 4.79 Å². The Bertz CT molecular complexity index is 945. The number of thiophene rings is 1. The summed E-state index contributed by atoms with van der Waals surface area (Å²) < 4.78 is 5.63. The molecule has 0 saturated carbocycles. The minimum absolute atomic E-state index is 0.386. The summed E-state index contributed by atoms with van der Waals surface area (Å²) in [6.07, 6.45) is -1.03. The Morgan fingerprint density at radius 3 is 2.22 bits per heavy atom. The number of benzene rings is 2. The molecular formula is C22H21NO3S. The molecule has 1 N–H and O–H groups in total. The van der Waals surface area contributed by atoms with Crippen molar-refractivity contribution in [2.45, 2.75) is 26.9 Å².